The molecule has 0 aliphatic heterocycles. The van der Waals surface area contributed by atoms with E-state index in [1.807, 2.05) is 0 Å². The first kappa shape index (κ1) is 22.9. The summed E-state index contributed by atoms with van der Waals surface area (Å²) < 4.78 is 0. The smallest absolute Gasteiger partial charge is 0.0656 e. The Kier molecular flexibility index (Phi) is 6.02. The molecule has 2 aliphatic carbocycles. The highest BCUT2D eigenvalue weighted by atomic mass is 28.3. The molecule has 0 spiro atoms. The summed E-state index contributed by atoms with van der Waals surface area (Å²) in [5.41, 5.74) is 3.41. The Bertz CT molecular complexity index is 708. The van der Waals surface area contributed by atoms with Crippen LogP contribution in [-0.4, -0.2) is 32.3 Å². The van der Waals surface area contributed by atoms with Crippen LogP contribution in [0.2, 0.25) is 78.6 Å². The van der Waals surface area contributed by atoms with Gasteiger partial charge in [0, 0.05) is 0 Å². The lowest BCUT2D eigenvalue weighted by molar-refractivity contribution is 1.17. The van der Waals surface area contributed by atoms with Gasteiger partial charge in [-0.15, -0.1) is 0 Å². The summed E-state index contributed by atoms with van der Waals surface area (Å²) in [5.74, 6) is 0. The summed E-state index contributed by atoms with van der Waals surface area (Å²) in [6.07, 6.45) is 11.4. The van der Waals surface area contributed by atoms with Crippen molar-refractivity contribution in [2.75, 3.05) is 0 Å². The molecule has 0 saturated heterocycles. The van der Waals surface area contributed by atoms with Gasteiger partial charge >= 0.3 is 0 Å². The van der Waals surface area contributed by atoms with Crippen LogP contribution in [0.4, 0.5) is 0 Å². The first-order chi connectivity index (χ1) is 11.9. The Morgan fingerprint density at radius 1 is 0.481 bits per heavy atom. The molecule has 2 bridgehead atoms. The molecule has 0 aromatic heterocycles. The Labute approximate surface area is 173 Å². The fourth-order valence-corrected chi connectivity index (χ4v) is 11.5. The zero-order valence-corrected chi connectivity index (χ0v) is 24.0. The second kappa shape index (κ2) is 7.12. The zero-order chi connectivity index (χ0) is 21.0. The van der Waals surface area contributed by atoms with Crippen molar-refractivity contribution in [1.82, 2.24) is 0 Å². The van der Waals surface area contributed by atoms with E-state index in [0.29, 0.717) is 0 Å². The van der Waals surface area contributed by atoms with E-state index in [4.69, 9.17) is 0 Å². The maximum Gasteiger partial charge on any atom is 0.0779 e. The SMILES string of the molecule is C[Si](C)(C)C1=CC=C([Si](C)(C)C)C2=C([Si](C)(C)C)C=CC([Si](C)(C)C)=C1C2. The zero-order valence-electron chi connectivity index (χ0n) is 20.0. The molecule has 0 atom stereocenters. The Balaban J connectivity index is 2.94. The predicted molar refractivity (Wildman–Crippen MR) is 137 cm³/mol. The molecule has 0 saturated carbocycles. The largest absolute Gasteiger partial charge is 0.0779 e. The van der Waals surface area contributed by atoms with Gasteiger partial charge < -0.3 is 0 Å². The van der Waals surface area contributed by atoms with Crippen LogP contribution in [0.3, 0.4) is 0 Å². The van der Waals surface area contributed by atoms with E-state index in [1.165, 1.54) is 6.42 Å². The molecule has 0 aromatic rings. The van der Waals surface area contributed by atoms with E-state index in [9.17, 15) is 0 Å². The minimum atomic E-state index is -1.42. The van der Waals surface area contributed by atoms with Crippen LogP contribution in [0.15, 0.2) is 56.2 Å². The van der Waals surface area contributed by atoms with Gasteiger partial charge in [0.15, 0.2) is 0 Å². The van der Waals surface area contributed by atoms with Gasteiger partial charge in [0.05, 0.1) is 32.3 Å². The van der Waals surface area contributed by atoms with Crippen molar-refractivity contribution in [1.29, 1.82) is 0 Å². The van der Waals surface area contributed by atoms with Gasteiger partial charge in [-0.2, -0.15) is 0 Å². The van der Waals surface area contributed by atoms with E-state index < -0.39 is 32.3 Å². The summed E-state index contributed by atoms with van der Waals surface area (Å²) in [6, 6.07) is 0. The molecule has 0 aromatic carbocycles. The maximum absolute atomic E-state index is 2.56. The summed E-state index contributed by atoms with van der Waals surface area (Å²) in [5, 5.41) is 6.80. The molecule has 0 fully saturated rings. The number of allylic oxidation sites excluding steroid dienone is 10. The van der Waals surface area contributed by atoms with Crippen LogP contribution in [0.1, 0.15) is 6.42 Å². The van der Waals surface area contributed by atoms with Crippen LogP contribution in [0.5, 0.6) is 0 Å². The molecule has 27 heavy (non-hydrogen) atoms. The van der Waals surface area contributed by atoms with Crippen LogP contribution >= 0.6 is 0 Å². The van der Waals surface area contributed by atoms with Crippen molar-refractivity contribution < 1.29 is 0 Å². The van der Waals surface area contributed by atoms with E-state index >= 15 is 0 Å². The van der Waals surface area contributed by atoms with Crippen molar-refractivity contribution in [3.63, 3.8) is 0 Å². The molecular weight excluding hydrogens is 389 g/mol. The normalized spacial score (nSPS) is 19.7. The van der Waals surface area contributed by atoms with E-state index in [1.54, 1.807) is 31.9 Å². The molecule has 2 aliphatic rings. The number of hydrogen-bond donors (Lipinski definition) is 0. The van der Waals surface area contributed by atoms with E-state index in [-0.39, 0.29) is 0 Å². The third-order valence-corrected chi connectivity index (χ3v) is 14.1. The second-order valence-corrected chi connectivity index (χ2v) is 32.6. The lowest BCUT2D eigenvalue weighted by Crippen LogP contribution is -2.31. The highest BCUT2D eigenvalue weighted by Gasteiger charge is 2.36. The van der Waals surface area contributed by atoms with Crippen LogP contribution in [0.25, 0.3) is 0 Å². The van der Waals surface area contributed by atoms with Gasteiger partial charge in [0.2, 0.25) is 0 Å². The molecule has 0 unspecified atom stereocenters. The molecule has 0 amide bonds. The Morgan fingerprint density at radius 2 is 0.778 bits per heavy atom. The summed E-state index contributed by atoms with van der Waals surface area (Å²) >= 11 is 0. The molecule has 0 nitrogen and oxygen atoms in total. The van der Waals surface area contributed by atoms with Crippen molar-refractivity contribution in [3.05, 3.63) is 56.2 Å². The molecule has 150 valence electrons. The summed E-state index contributed by atoms with van der Waals surface area (Å²) in [7, 11) is -5.67. The average molecular weight is 431 g/mol. The van der Waals surface area contributed by atoms with Crippen molar-refractivity contribution in [3.8, 4) is 0 Å². The average Bonchev–Trinajstić information content (AvgIpc) is 2.71. The minimum absolute atomic E-state index is 1.18. The van der Waals surface area contributed by atoms with Gasteiger partial charge in [-0.05, 0) is 17.6 Å². The van der Waals surface area contributed by atoms with Crippen molar-refractivity contribution in [2.24, 2.45) is 0 Å². The topological polar surface area (TPSA) is 0 Å². The lowest BCUT2D eigenvalue weighted by atomic mass is 10.1. The first-order valence-corrected chi connectivity index (χ1v) is 24.5. The first-order valence-electron chi connectivity index (χ1n) is 10.5. The molecule has 0 N–H and O–H groups in total. The van der Waals surface area contributed by atoms with Gasteiger partial charge in [-0.1, -0.05) is 124 Å². The lowest BCUT2D eigenvalue weighted by Gasteiger charge is -2.31. The molecule has 2 rings (SSSR count). The Hall–Kier alpha value is -0.432. The van der Waals surface area contributed by atoms with Crippen LogP contribution in [-0.2, 0) is 0 Å². The number of fused-ring (bicyclic) bond motifs is 2. The van der Waals surface area contributed by atoms with Crippen molar-refractivity contribution in [2.45, 2.75) is 85.0 Å². The number of rotatable bonds is 4. The highest BCUT2D eigenvalue weighted by Crippen LogP contribution is 2.44. The quantitative estimate of drug-likeness (QED) is 0.397. The van der Waals surface area contributed by atoms with Crippen molar-refractivity contribution >= 4 is 32.3 Å². The van der Waals surface area contributed by atoms with Gasteiger partial charge in [-0.25, -0.2) is 0 Å². The van der Waals surface area contributed by atoms with Crippen LogP contribution in [0, 0.1) is 0 Å². The molecular formula is C23H42Si4. The predicted octanol–water partition coefficient (Wildman–Crippen LogP) is 7.92. The van der Waals surface area contributed by atoms with Gasteiger partial charge in [-0.3, -0.25) is 0 Å². The molecule has 4 heteroatoms. The van der Waals surface area contributed by atoms with E-state index in [2.05, 4.69) is 103 Å². The third-order valence-electron chi connectivity index (χ3n) is 5.72. The minimum Gasteiger partial charge on any atom is -0.0656 e. The second-order valence-electron chi connectivity index (χ2n) is 12.5. The van der Waals surface area contributed by atoms with Gasteiger partial charge in [0.1, 0.15) is 0 Å². The fourth-order valence-electron chi connectivity index (χ4n) is 4.39. The molecule has 0 radical (unpaired) electrons. The third kappa shape index (κ3) is 4.95. The standard InChI is InChI=1S/C23H42Si4/c1-24(2,3)20-13-14-22(26(7,8)9)19-17-18(20)21(25(4,5)6)15-16-23(19)27(10,11)12/h13-16H,17H2,1-12H3. The van der Waals surface area contributed by atoms with E-state index in [0.717, 1.165) is 0 Å². The molecule has 0 heterocycles. The Morgan fingerprint density at radius 3 is 1.00 bits per heavy atom. The summed E-state index contributed by atoms with van der Waals surface area (Å²) in [4.78, 5) is 0. The monoisotopic (exact) mass is 430 g/mol. The maximum atomic E-state index is 2.56. The van der Waals surface area contributed by atoms with Crippen LogP contribution < -0.4 is 0 Å². The fraction of sp³-hybridized carbons (Fsp3) is 0.565. The summed E-state index contributed by atoms with van der Waals surface area (Å²) in [6.45, 7) is 30.3. The van der Waals surface area contributed by atoms with Gasteiger partial charge in [0.25, 0.3) is 0 Å². The highest BCUT2D eigenvalue weighted by molar-refractivity contribution is 6.88. The number of hydrogen-bond acceptors (Lipinski definition) is 0.